The Hall–Kier alpha value is -3.87. The molecule has 1 amide bonds. The molecule has 1 heterocycles. The number of aromatic hydroxyl groups is 2. The van der Waals surface area contributed by atoms with Crippen LogP contribution in [0.15, 0.2) is 18.2 Å². The molecule has 1 saturated heterocycles. The van der Waals surface area contributed by atoms with Crippen LogP contribution in [-0.2, 0) is 29.9 Å². The molecule has 0 spiro atoms. The van der Waals surface area contributed by atoms with Gasteiger partial charge in [-0.3, -0.25) is 19.2 Å². The van der Waals surface area contributed by atoms with E-state index < -0.39 is 122 Å². The number of benzene rings is 2. The molecule has 284 valence electrons. The highest BCUT2D eigenvalue weighted by Gasteiger charge is 2.52. The van der Waals surface area contributed by atoms with Gasteiger partial charge in [0.05, 0.1) is 48.7 Å². The lowest BCUT2D eigenvalue weighted by molar-refractivity contribution is -0.250. The minimum atomic E-state index is -5.27. The minimum Gasteiger partial charge on any atom is -0.507 e. The number of hydrogen-bond acceptors (Lipinski definition) is 12. The van der Waals surface area contributed by atoms with E-state index in [0.29, 0.717) is 0 Å². The number of alkyl halides is 3. The SMILES string of the molecule is COc1cccc2c1C(=O)c1c(O)c3c(c(O)c1C2=O)C[C@@](O)(C(=O)CO[Si](C)(C)C(C)(C)C)C[C@@H]3O[C@H]1C[C@@H](NC(=O)C(F)(F)F)[C@@H](O)[C@H](C)O1. The van der Waals surface area contributed by atoms with Crippen LogP contribution in [0, 0.1) is 0 Å². The van der Waals surface area contributed by atoms with Crippen molar-refractivity contribution in [2.24, 2.45) is 0 Å². The number of rotatable bonds is 8. The molecule has 5 N–H and O–H groups in total. The third-order valence-corrected chi connectivity index (χ3v) is 15.0. The van der Waals surface area contributed by atoms with Gasteiger partial charge < -0.3 is 44.4 Å². The van der Waals surface area contributed by atoms with Crippen molar-refractivity contribution in [2.75, 3.05) is 13.7 Å². The van der Waals surface area contributed by atoms with E-state index in [2.05, 4.69) is 0 Å². The number of nitrogens with one attached hydrogen (secondary N) is 1. The second-order valence-corrected chi connectivity index (χ2v) is 19.8. The molecule has 5 rings (SSSR count). The normalized spacial score (nSPS) is 26.3. The molecular formula is C35H42F3NO12Si. The summed E-state index contributed by atoms with van der Waals surface area (Å²) >= 11 is 0. The van der Waals surface area contributed by atoms with Crippen LogP contribution < -0.4 is 10.1 Å². The highest BCUT2D eigenvalue weighted by molar-refractivity contribution is 6.74. The van der Waals surface area contributed by atoms with E-state index >= 15 is 0 Å². The third kappa shape index (κ3) is 6.85. The van der Waals surface area contributed by atoms with Gasteiger partial charge >= 0.3 is 12.1 Å². The van der Waals surface area contributed by atoms with E-state index in [-0.39, 0.29) is 33.0 Å². The molecule has 3 aliphatic rings. The first-order chi connectivity index (χ1) is 23.9. The van der Waals surface area contributed by atoms with E-state index in [0.717, 1.165) is 0 Å². The first-order valence-corrected chi connectivity index (χ1v) is 19.5. The Morgan fingerprint density at radius 2 is 1.69 bits per heavy atom. The van der Waals surface area contributed by atoms with Crippen molar-refractivity contribution in [1.29, 1.82) is 0 Å². The van der Waals surface area contributed by atoms with E-state index in [1.54, 1.807) is 5.32 Å². The van der Waals surface area contributed by atoms with Crippen molar-refractivity contribution in [3.05, 3.63) is 51.6 Å². The molecule has 52 heavy (non-hydrogen) atoms. The monoisotopic (exact) mass is 753 g/mol. The molecule has 0 unspecified atom stereocenters. The third-order valence-electron chi connectivity index (χ3n) is 10.6. The maximum Gasteiger partial charge on any atom is 0.471 e. The van der Waals surface area contributed by atoms with Gasteiger partial charge in [-0.05, 0) is 31.1 Å². The average Bonchev–Trinajstić information content (AvgIpc) is 3.04. The highest BCUT2D eigenvalue weighted by Crippen LogP contribution is 2.53. The second kappa shape index (κ2) is 13.5. The van der Waals surface area contributed by atoms with Gasteiger partial charge in [-0.1, -0.05) is 32.9 Å². The number of ketones is 3. The number of halogens is 3. The lowest BCUT2D eigenvalue weighted by Gasteiger charge is -2.43. The second-order valence-electron chi connectivity index (χ2n) is 15.0. The van der Waals surface area contributed by atoms with Gasteiger partial charge in [0.1, 0.15) is 29.0 Å². The van der Waals surface area contributed by atoms with Gasteiger partial charge in [0.15, 0.2) is 26.2 Å². The van der Waals surface area contributed by atoms with Crippen LogP contribution in [0.1, 0.15) is 89.6 Å². The number of hydrogen-bond donors (Lipinski definition) is 5. The fourth-order valence-electron chi connectivity index (χ4n) is 6.56. The maximum absolute atomic E-state index is 13.9. The summed E-state index contributed by atoms with van der Waals surface area (Å²) in [5.74, 6) is -6.46. The molecule has 17 heteroatoms. The maximum atomic E-state index is 13.9. The number of fused-ring (bicyclic) bond motifs is 3. The van der Waals surface area contributed by atoms with Crippen molar-refractivity contribution in [2.45, 2.75) is 108 Å². The van der Waals surface area contributed by atoms with E-state index in [1.807, 2.05) is 33.9 Å². The Balaban J connectivity index is 1.60. The van der Waals surface area contributed by atoms with E-state index in [1.165, 1.54) is 32.2 Å². The Labute approximate surface area is 298 Å². The van der Waals surface area contributed by atoms with E-state index in [4.69, 9.17) is 18.6 Å². The lowest BCUT2D eigenvalue weighted by atomic mass is 9.72. The highest BCUT2D eigenvalue weighted by atomic mass is 28.4. The summed E-state index contributed by atoms with van der Waals surface area (Å²) in [5.41, 5.74) is -4.40. The van der Waals surface area contributed by atoms with Crippen LogP contribution in [0.4, 0.5) is 13.2 Å². The Morgan fingerprint density at radius 3 is 2.29 bits per heavy atom. The molecule has 2 aromatic rings. The molecule has 0 radical (unpaired) electrons. The molecule has 2 aliphatic carbocycles. The zero-order valence-electron chi connectivity index (χ0n) is 29.6. The number of phenols is 2. The Kier molecular flexibility index (Phi) is 10.2. The van der Waals surface area contributed by atoms with Crippen LogP contribution >= 0.6 is 0 Å². The summed E-state index contributed by atoms with van der Waals surface area (Å²) in [4.78, 5) is 53.4. The molecule has 0 bridgehead atoms. The Bertz CT molecular complexity index is 1820. The Morgan fingerprint density at radius 1 is 1.06 bits per heavy atom. The number of carbonyl (C=O) groups is 4. The molecule has 0 saturated carbocycles. The topological polar surface area (TPSA) is 198 Å². The number of phenolic OH excluding ortho intramolecular Hbond substituents is 2. The van der Waals surface area contributed by atoms with Crippen LogP contribution in [0.2, 0.25) is 18.1 Å². The summed E-state index contributed by atoms with van der Waals surface area (Å²) in [6.45, 7) is 10.4. The minimum absolute atomic E-state index is 0.0164. The zero-order valence-corrected chi connectivity index (χ0v) is 30.6. The molecule has 1 fully saturated rings. The van der Waals surface area contributed by atoms with Gasteiger partial charge in [0, 0.05) is 36.0 Å². The number of aliphatic hydroxyl groups excluding tert-OH is 1. The molecular weight excluding hydrogens is 711 g/mol. The first kappa shape index (κ1) is 39.3. The van der Waals surface area contributed by atoms with Gasteiger partial charge in [-0.2, -0.15) is 13.2 Å². The summed E-state index contributed by atoms with van der Waals surface area (Å²) in [7, 11) is -1.26. The van der Waals surface area contributed by atoms with E-state index in [9.17, 15) is 52.8 Å². The van der Waals surface area contributed by atoms with Crippen molar-refractivity contribution in [3.63, 3.8) is 0 Å². The molecule has 0 aromatic heterocycles. The number of ether oxygens (including phenoxy) is 3. The fourth-order valence-corrected chi connectivity index (χ4v) is 7.48. The smallest absolute Gasteiger partial charge is 0.471 e. The summed E-state index contributed by atoms with van der Waals surface area (Å²) in [5, 5.41) is 47.4. The summed E-state index contributed by atoms with van der Waals surface area (Å²) in [6.07, 6.45) is -13.0. The molecule has 13 nitrogen and oxygen atoms in total. The zero-order chi connectivity index (χ0) is 38.9. The van der Waals surface area contributed by atoms with Crippen molar-refractivity contribution in [1.82, 2.24) is 5.32 Å². The van der Waals surface area contributed by atoms with Crippen LogP contribution in [0.3, 0.4) is 0 Å². The standard InChI is InChI=1S/C35H42F3NO12Si/c1-15-27(41)18(39-32(46)35(36,37)38)11-22(50-15)51-20-13-34(47,21(40)14-49-52(6,7)33(2,3)4)12-17-24(20)31(45)26-25(29(17)43)28(42)16-9-8-10-19(48-5)23(16)30(26)44/h8-10,15,18,20,22,27,41,43,45,47H,11-14H2,1-7H3,(H,39,46)/t15-,18+,20-,22-,27-,34-/m0/s1. The number of amides is 1. The summed E-state index contributed by atoms with van der Waals surface area (Å²) in [6, 6.07) is 2.69. The molecule has 2 aromatic carbocycles. The van der Waals surface area contributed by atoms with Gasteiger partial charge in [0.25, 0.3) is 0 Å². The van der Waals surface area contributed by atoms with Crippen LogP contribution in [0.25, 0.3) is 0 Å². The number of aliphatic hydroxyl groups is 2. The van der Waals surface area contributed by atoms with Crippen LogP contribution in [-0.4, -0.2) is 102 Å². The predicted octanol–water partition coefficient (Wildman–Crippen LogP) is 3.75. The number of methoxy groups -OCH3 is 1. The number of carbonyl (C=O) groups excluding carboxylic acids is 4. The van der Waals surface area contributed by atoms with Gasteiger partial charge in [-0.15, -0.1) is 0 Å². The quantitative estimate of drug-likeness (QED) is 0.165. The number of Topliss-reactive ketones (excluding diaryl/α,β-unsaturated/α-hetero) is 1. The van der Waals surface area contributed by atoms with Crippen molar-refractivity contribution < 1.29 is 71.4 Å². The molecule has 6 atom stereocenters. The molecule has 1 aliphatic heterocycles. The first-order valence-electron chi connectivity index (χ1n) is 16.6. The average molecular weight is 754 g/mol. The lowest BCUT2D eigenvalue weighted by Crippen LogP contribution is -2.57. The largest absolute Gasteiger partial charge is 0.507 e. The van der Waals surface area contributed by atoms with Crippen LogP contribution in [0.5, 0.6) is 17.2 Å². The van der Waals surface area contributed by atoms with Crippen molar-refractivity contribution >= 4 is 31.6 Å². The van der Waals surface area contributed by atoms with Crippen molar-refractivity contribution in [3.8, 4) is 17.2 Å². The summed E-state index contributed by atoms with van der Waals surface area (Å²) < 4.78 is 62.5. The fraction of sp³-hybridized carbons (Fsp3) is 0.543. The van der Waals surface area contributed by atoms with Gasteiger partial charge in [0.2, 0.25) is 5.78 Å². The predicted molar refractivity (Wildman–Crippen MR) is 178 cm³/mol. The van der Waals surface area contributed by atoms with Gasteiger partial charge in [-0.25, -0.2) is 0 Å².